The Morgan fingerprint density at radius 1 is 1.24 bits per heavy atom. The van der Waals surface area contributed by atoms with Crippen LogP contribution < -0.4 is 10.5 Å². The van der Waals surface area contributed by atoms with Crippen LogP contribution in [0.3, 0.4) is 0 Å². The molecule has 4 aromatic rings. The molecule has 12 nitrogen and oxygen atoms in total. The highest BCUT2D eigenvalue weighted by Gasteiger charge is 2.20. The van der Waals surface area contributed by atoms with Crippen molar-refractivity contribution in [3.8, 4) is 11.4 Å². The zero-order valence-electron chi connectivity index (χ0n) is 17.1. The van der Waals surface area contributed by atoms with Crippen molar-refractivity contribution >= 4 is 54.3 Å². The number of aromatic carboxylic acids is 1. The van der Waals surface area contributed by atoms with E-state index < -0.39 is 21.0 Å². The summed E-state index contributed by atoms with van der Waals surface area (Å²) in [6.07, 6.45) is 0. The molecule has 2 aromatic carbocycles. The van der Waals surface area contributed by atoms with Crippen molar-refractivity contribution in [3.05, 3.63) is 47.7 Å². The zero-order chi connectivity index (χ0) is 23.9. The molecule has 33 heavy (non-hydrogen) atoms. The Kier molecular flexibility index (Phi) is 5.57. The molecule has 0 spiro atoms. The Morgan fingerprint density at radius 3 is 2.67 bits per heavy atom. The van der Waals surface area contributed by atoms with Gasteiger partial charge in [0.25, 0.3) is 10.1 Å². The van der Waals surface area contributed by atoms with E-state index in [4.69, 9.17) is 10.5 Å². The molecule has 4 rings (SSSR count). The van der Waals surface area contributed by atoms with E-state index in [-0.39, 0.29) is 33.6 Å². The van der Waals surface area contributed by atoms with Gasteiger partial charge in [-0.25, -0.2) is 14.5 Å². The number of nitrogens with two attached hydrogens (primary N) is 1. The van der Waals surface area contributed by atoms with Gasteiger partial charge in [-0.1, -0.05) is 17.4 Å². The maximum Gasteiger partial charge on any atom is 0.337 e. The lowest BCUT2D eigenvalue weighted by Gasteiger charge is -2.09. The fourth-order valence-electron chi connectivity index (χ4n) is 3.10. The van der Waals surface area contributed by atoms with Crippen LogP contribution in [0.1, 0.15) is 16.1 Å². The maximum absolute atomic E-state index is 11.7. The number of azo groups is 1. The number of fused-ring (bicyclic) bond motifs is 1. The quantitative estimate of drug-likeness (QED) is 0.269. The number of hydrogen-bond donors (Lipinski definition) is 3. The molecule has 0 fully saturated rings. The summed E-state index contributed by atoms with van der Waals surface area (Å²) < 4.78 is 39.6. The average molecular weight is 489 g/mol. The van der Waals surface area contributed by atoms with Crippen LogP contribution in [0.15, 0.2) is 51.5 Å². The zero-order valence-corrected chi connectivity index (χ0v) is 18.8. The van der Waals surface area contributed by atoms with Crippen molar-refractivity contribution in [2.24, 2.45) is 10.2 Å². The van der Waals surface area contributed by atoms with Gasteiger partial charge in [0.15, 0.2) is 11.5 Å². The van der Waals surface area contributed by atoms with Gasteiger partial charge in [-0.3, -0.25) is 4.55 Å². The molecule has 0 unspecified atom stereocenters. The molecular weight excluding hydrogens is 472 g/mol. The second-order valence-corrected chi connectivity index (χ2v) is 9.06. The van der Waals surface area contributed by atoms with Crippen molar-refractivity contribution in [2.45, 2.75) is 11.8 Å². The van der Waals surface area contributed by atoms with Gasteiger partial charge >= 0.3 is 5.97 Å². The molecule has 0 aliphatic rings. The highest BCUT2D eigenvalue weighted by Crippen LogP contribution is 2.35. The van der Waals surface area contributed by atoms with Crippen LogP contribution in [0, 0.1) is 6.92 Å². The molecule has 0 radical (unpaired) electrons. The minimum atomic E-state index is -4.56. The molecule has 0 amide bonds. The minimum Gasteiger partial charge on any atom is -0.495 e. The second kappa shape index (κ2) is 8.23. The molecule has 0 atom stereocenters. The van der Waals surface area contributed by atoms with Crippen LogP contribution in [0.2, 0.25) is 0 Å². The summed E-state index contributed by atoms with van der Waals surface area (Å²) in [5.41, 5.74) is 7.63. The number of nitrogens with zero attached hydrogens (tertiary/aromatic N) is 5. The first-order chi connectivity index (χ1) is 15.6. The van der Waals surface area contributed by atoms with Gasteiger partial charge in [0.2, 0.25) is 5.13 Å². The first-order valence-electron chi connectivity index (χ1n) is 9.15. The summed E-state index contributed by atoms with van der Waals surface area (Å²) in [6.45, 7) is 1.63. The number of carboxylic acids is 1. The standard InChI is InChI=1S/C19H16N6O6S2/c1-9-15(22-23-19-21-12-5-3-4-11(18(26)27)16(12)32-19)17(20)25(24-9)10-6-7-13(31-2)14(8-10)33(28,29)30/h3-8H,20H2,1-2H3,(H,26,27)(H,28,29,30). The van der Waals surface area contributed by atoms with Crippen LogP contribution in [0.4, 0.5) is 16.6 Å². The third kappa shape index (κ3) is 4.13. The molecule has 170 valence electrons. The first-order valence-corrected chi connectivity index (χ1v) is 11.4. The molecule has 0 aliphatic heterocycles. The number of ether oxygens (including phenoxy) is 1. The summed E-state index contributed by atoms with van der Waals surface area (Å²) in [4.78, 5) is 15.2. The Hall–Kier alpha value is -3.88. The van der Waals surface area contributed by atoms with Gasteiger partial charge in [-0.15, -0.1) is 10.2 Å². The van der Waals surface area contributed by atoms with E-state index in [2.05, 4.69) is 20.3 Å². The molecule has 0 saturated heterocycles. The minimum absolute atomic E-state index is 0.0415. The molecule has 14 heteroatoms. The van der Waals surface area contributed by atoms with Crippen molar-refractivity contribution < 1.29 is 27.6 Å². The number of anilines is 1. The lowest BCUT2D eigenvalue weighted by molar-refractivity contribution is 0.0699. The fraction of sp³-hybridized carbons (Fsp3) is 0.105. The van der Waals surface area contributed by atoms with Gasteiger partial charge in [-0.05, 0) is 37.3 Å². The Morgan fingerprint density at radius 2 is 2.00 bits per heavy atom. The van der Waals surface area contributed by atoms with E-state index in [1.807, 2.05) is 0 Å². The molecule has 0 bridgehead atoms. The van der Waals surface area contributed by atoms with Crippen molar-refractivity contribution in [1.82, 2.24) is 14.8 Å². The van der Waals surface area contributed by atoms with Crippen LogP contribution in [0.25, 0.3) is 15.9 Å². The number of hydrogen-bond acceptors (Lipinski definition) is 10. The predicted molar refractivity (Wildman–Crippen MR) is 120 cm³/mol. The summed E-state index contributed by atoms with van der Waals surface area (Å²) in [7, 11) is -3.28. The topological polar surface area (TPSA) is 182 Å². The number of benzene rings is 2. The summed E-state index contributed by atoms with van der Waals surface area (Å²) >= 11 is 1.07. The molecule has 4 N–H and O–H groups in total. The SMILES string of the molecule is COc1ccc(-n2nc(C)c(N=Nc3nc4cccc(C(=O)O)c4s3)c2N)cc1S(=O)(=O)O. The van der Waals surface area contributed by atoms with Gasteiger partial charge in [0.1, 0.15) is 10.6 Å². The summed E-state index contributed by atoms with van der Waals surface area (Å²) in [5, 5.41) is 22.0. The van der Waals surface area contributed by atoms with Crippen molar-refractivity contribution in [2.75, 3.05) is 12.8 Å². The Bertz CT molecular complexity index is 1540. The molecule has 2 aromatic heterocycles. The van der Waals surface area contributed by atoms with Crippen LogP contribution >= 0.6 is 11.3 Å². The highest BCUT2D eigenvalue weighted by molar-refractivity contribution is 7.86. The number of aryl methyl sites for hydroxylation is 1. The average Bonchev–Trinajstić information content (AvgIpc) is 3.30. The fourth-order valence-corrected chi connectivity index (χ4v) is 4.66. The number of carbonyl (C=O) groups is 1. The van der Waals surface area contributed by atoms with Crippen molar-refractivity contribution in [3.63, 3.8) is 0 Å². The highest BCUT2D eigenvalue weighted by atomic mass is 32.2. The van der Waals surface area contributed by atoms with E-state index in [9.17, 15) is 22.9 Å². The number of nitrogen functional groups attached to an aromatic ring is 1. The number of thiazole rings is 1. The third-order valence-corrected chi connectivity index (χ3v) is 6.47. The number of rotatable bonds is 6. The van der Waals surface area contributed by atoms with E-state index in [0.29, 0.717) is 15.9 Å². The van der Waals surface area contributed by atoms with Crippen LogP contribution in [-0.4, -0.2) is 45.9 Å². The van der Waals surface area contributed by atoms with E-state index in [1.54, 1.807) is 19.1 Å². The summed E-state index contributed by atoms with van der Waals surface area (Å²) in [6, 6.07) is 8.78. The lowest BCUT2D eigenvalue weighted by atomic mass is 10.2. The van der Waals surface area contributed by atoms with Crippen molar-refractivity contribution in [1.29, 1.82) is 0 Å². The van der Waals surface area contributed by atoms with E-state index in [0.717, 1.165) is 11.3 Å². The van der Waals surface area contributed by atoms with E-state index in [1.165, 1.54) is 36.1 Å². The maximum atomic E-state index is 11.7. The second-order valence-electron chi connectivity index (χ2n) is 6.70. The predicted octanol–water partition coefficient (Wildman–Crippen LogP) is 3.74. The Balaban J connectivity index is 1.74. The molecule has 0 aliphatic carbocycles. The molecule has 2 heterocycles. The van der Waals surface area contributed by atoms with E-state index >= 15 is 0 Å². The first kappa shape index (κ1) is 22.3. The smallest absolute Gasteiger partial charge is 0.337 e. The van der Waals surface area contributed by atoms with Crippen LogP contribution in [-0.2, 0) is 10.1 Å². The van der Waals surface area contributed by atoms with Gasteiger partial charge in [-0.2, -0.15) is 13.5 Å². The largest absolute Gasteiger partial charge is 0.495 e. The number of methoxy groups -OCH3 is 1. The molecular formula is C19H16N6O6S2. The Labute approximate surface area is 190 Å². The monoisotopic (exact) mass is 488 g/mol. The number of aromatic nitrogens is 3. The number of carboxylic acid groups (broad SMARTS) is 1. The third-order valence-electron chi connectivity index (χ3n) is 4.60. The molecule has 0 saturated carbocycles. The summed E-state index contributed by atoms with van der Waals surface area (Å²) in [5.74, 6) is -1.05. The normalized spacial score (nSPS) is 12.0. The van der Waals surface area contributed by atoms with Gasteiger partial charge < -0.3 is 15.6 Å². The lowest BCUT2D eigenvalue weighted by Crippen LogP contribution is -2.06. The van der Waals surface area contributed by atoms with Gasteiger partial charge in [0.05, 0.1) is 34.3 Å². The van der Waals surface area contributed by atoms with Gasteiger partial charge in [0, 0.05) is 0 Å². The van der Waals surface area contributed by atoms with Crippen LogP contribution in [0.5, 0.6) is 5.75 Å².